The summed E-state index contributed by atoms with van der Waals surface area (Å²) in [5, 5.41) is 2.87. The van der Waals surface area contributed by atoms with Gasteiger partial charge in [-0.05, 0) is 42.0 Å². The second-order valence-electron chi connectivity index (χ2n) is 4.26. The molecule has 2 aromatic carbocycles. The van der Waals surface area contributed by atoms with Gasteiger partial charge in [0, 0.05) is 12.1 Å². The first-order chi connectivity index (χ1) is 9.72. The Morgan fingerprint density at radius 3 is 1.90 bits per heavy atom. The maximum atomic E-state index is 12.0. The van der Waals surface area contributed by atoms with Crippen molar-refractivity contribution in [3.8, 4) is 11.5 Å². The molecule has 0 aliphatic rings. The Morgan fingerprint density at radius 2 is 1.40 bits per heavy atom. The van der Waals surface area contributed by atoms with Gasteiger partial charge in [0.25, 0.3) is 5.91 Å². The van der Waals surface area contributed by atoms with Crippen molar-refractivity contribution in [1.29, 1.82) is 0 Å². The van der Waals surface area contributed by atoms with Crippen molar-refractivity contribution in [3.05, 3.63) is 59.7 Å². The Balaban J connectivity index is 1.93. The molecule has 1 N–H and O–H groups in total. The van der Waals surface area contributed by atoms with E-state index >= 15 is 0 Å². The number of hydrogen-bond donors (Lipinski definition) is 1. The lowest BCUT2D eigenvalue weighted by Gasteiger charge is -2.07. The highest BCUT2D eigenvalue weighted by Gasteiger charge is 2.05. The van der Waals surface area contributed by atoms with E-state index in [1.165, 1.54) is 0 Å². The minimum atomic E-state index is -0.108. The zero-order chi connectivity index (χ0) is 14.4. The molecule has 104 valence electrons. The molecule has 4 nitrogen and oxygen atoms in total. The van der Waals surface area contributed by atoms with Gasteiger partial charge in [-0.1, -0.05) is 12.1 Å². The van der Waals surface area contributed by atoms with Crippen LogP contribution in [0.3, 0.4) is 0 Å². The normalized spacial score (nSPS) is 9.90. The van der Waals surface area contributed by atoms with Crippen LogP contribution in [0.15, 0.2) is 48.5 Å². The lowest BCUT2D eigenvalue weighted by atomic mass is 10.2. The van der Waals surface area contributed by atoms with Gasteiger partial charge in [0.15, 0.2) is 0 Å². The molecule has 0 radical (unpaired) electrons. The lowest BCUT2D eigenvalue weighted by Crippen LogP contribution is -2.22. The van der Waals surface area contributed by atoms with E-state index in [4.69, 9.17) is 9.47 Å². The van der Waals surface area contributed by atoms with E-state index in [9.17, 15) is 4.79 Å². The monoisotopic (exact) mass is 271 g/mol. The smallest absolute Gasteiger partial charge is 0.251 e. The molecule has 0 aliphatic carbocycles. The van der Waals surface area contributed by atoms with Gasteiger partial charge in [0.05, 0.1) is 14.2 Å². The summed E-state index contributed by atoms with van der Waals surface area (Å²) >= 11 is 0. The summed E-state index contributed by atoms with van der Waals surface area (Å²) in [5.74, 6) is 1.43. The molecule has 0 saturated heterocycles. The molecule has 4 heteroatoms. The molecular weight excluding hydrogens is 254 g/mol. The summed E-state index contributed by atoms with van der Waals surface area (Å²) in [5.41, 5.74) is 1.63. The predicted molar refractivity (Wildman–Crippen MR) is 77.2 cm³/mol. The minimum Gasteiger partial charge on any atom is -0.497 e. The van der Waals surface area contributed by atoms with Gasteiger partial charge in [0.2, 0.25) is 0 Å². The third kappa shape index (κ3) is 3.51. The Bertz CT molecular complexity index is 561. The fourth-order valence-corrected chi connectivity index (χ4v) is 1.77. The van der Waals surface area contributed by atoms with Gasteiger partial charge < -0.3 is 14.8 Å². The molecule has 2 aromatic rings. The van der Waals surface area contributed by atoms with Crippen LogP contribution >= 0.6 is 0 Å². The van der Waals surface area contributed by atoms with E-state index in [0.29, 0.717) is 12.1 Å². The Morgan fingerprint density at radius 1 is 0.900 bits per heavy atom. The van der Waals surface area contributed by atoms with Crippen LogP contribution in [0.4, 0.5) is 0 Å². The topological polar surface area (TPSA) is 47.6 Å². The molecule has 0 unspecified atom stereocenters. The van der Waals surface area contributed by atoms with Gasteiger partial charge in [-0.3, -0.25) is 4.79 Å². The summed E-state index contributed by atoms with van der Waals surface area (Å²) in [6.07, 6.45) is 0. The molecule has 0 heterocycles. The number of rotatable bonds is 5. The third-order valence-electron chi connectivity index (χ3n) is 2.96. The second kappa shape index (κ2) is 6.61. The fraction of sp³-hybridized carbons (Fsp3) is 0.188. The van der Waals surface area contributed by atoms with Gasteiger partial charge in [-0.2, -0.15) is 0 Å². The largest absolute Gasteiger partial charge is 0.497 e. The van der Waals surface area contributed by atoms with Crippen LogP contribution in [-0.2, 0) is 6.54 Å². The third-order valence-corrected chi connectivity index (χ3v) is 2.96. The van der Waals surface area contributed by atoms with E-state index < -0.39 is 0 Å². The standard InChI is InChI=1S/C16H17NO3/c1-19-14-7-3-12(4-8-14)11-17-16(18)13-5-9-15(20-2)10-6-13/h3-10H,11H2,1-2H3,(H,17,18). The summed E-state index contributed by atoms with van der Waals surface area (Å²) in [4.78, 5) is 12.0. The average molecular weight is 271 g/mol. The SMILES string of the molecule is COc1ccc(CNC(=O)c2ccc(OC)cc2)cc1. The zero-order valence-electron chi connectivity index (χ0n) is 11.6. The van der Waals surface area contributed by atoms with Crippen LogP contribution in [0.5, 0.6) is 11.5 Å². The van der Waals surface area contributed by atoms with Crippen molar-refractivity contribution in [1.82, 2.24) is 5.32 Å². The molecule has 0 bridgehead atoms. The first-order valence-corrected chi connectivity index (χ1v) is 6.28. The first kappa shape index (κ1) is 13.9. The van der Waals surface area contributed by atoms with Crippen molar-refractivity contribution in [2.45, 2.75) is 6.54 Å². The summed E-state index contributed by atoms with van der Waals surface area (Å²) in [6.45, 7) is 0.481. The summed E-state index contributed by atoms with van der Waals surface area (Å²) in [7, 11) is 3.22. The number of carbonyl (C=O) groups is 1. The molecule has 0 aliphatic heterocycles. The summed E-state index contributed by atoms with van der Waals surface area (Å²) < 4.78 is 10.1. The van der Waals surface area contributed by atoms with Crippen molar-refractivity contribution in [3.63, 3.8) is 0 Å². The van der Waals surface area contributed by atoms with Crippen LogP contribution < -0.4 is 14.8 Å². The number of ether oxygens (including phenoxy) is 2. The maximum Gasteiger partial charge on any atom is 0.251 e. The predicted octanol–water partition coefficient (Wildman–Crippen LogP) is 2.63. The number of nitrogens with one attached hydrogen (secondary N) is 1. The molecule has 0 spiro atoms. The van der Waals surface area contributed by atoms with Crippen molar-refractivity contribution in [2.24, 2.45) is 0 Å². The second-order valence-corrected chi connectivity index (χ2v) is 4.26. The maximum absolute atomic E-state index is 12.0. The number of methoxy groups -OCH3 is 2. The van der Waals surface area contributed by atoms with E-state index in [0.717, 1.165) is 17.1 Å². The highest BCUT2D eigenvalue weighted by molar-refractivity contribution is 5.94. The minimum absolute atomic E-state index is 0.108. The Labute approximate surface area is 118 Å². The van der Waals surface area contributed by atoms with Crippen molar-refractivity contribution < 1.29 is 14.3 Å². The van der Waals surface area contributed by atoms with Crippen LogP contribution in [0, 0.1) is 0 Å². The molecule has 0 aromatic heterocycles. The molecule has 0 atom stereocenters. The molecular formula is C16H17NO3. The van der Waals surface area contributed by atoms with E-state index in [-0.39, 0.29) is 5.91 Å². The zero-order valence-corrected chi connectivity index (χ0v) is 11.6. The van der Waals surface area contributed by atoms with Crippen LogP contribution in [0.25, 0.3) is 0 Å². The summed E-state index contributed by atoms with van der Waals surface area (Å²) in [6, 6.07) is 14.6. The van der Waals surface area contributed by atoms with Gasteiger partial charge in [-0.15, -0.1) is 0 Å². The van der Waals surface area contributed by atoms with Gasteiger partial charge in [-0.25, -0.2) is 0 Å². The molecule has 0 fully saturated rings. The lowest BCUT2D eigenvalue weighted by molar-refractivity contribution is 0.0951. The fourth-order valence-electron chi connectivity index (χ4n) is 1.77. The van der Waals surface area contributed by atoms with Crippen molar-refractivity contribution in [2.75, 3.05) is 14.2 Å². The number of carbonyl (C=O) groups excluding carboxylic acids is 1. The average Bonchev–Trinajstić information content (AvgIpc) is 2.53. The quantitative estimate of drug-likeness (QED) is 0.909. The Kier molecular flexibility index (Phi) is 4.60. The highest BCUT2D eigenvalue weighted by Crippen LogP contribution is 2.13. The van der Waals surface area contributed by atoms with Crippen LogP contribution in [0.1, 0.15) is 15.9 Å². The van der Waals surface area contributed by atoms with Crippen LogP contribution in [0.2, 0.25) is 0 Å². The molecule has 1 amide bonds. The molecule has 0 saturated carbocycles. The number of amides is 1. The van der Waals surface area contributed by atoms with E-state index in [1.54, 1.807) is 38.5 Å². The number of benzene rings is 2. The highest BCUT2D eigenvalue weighted by atomic mass is 16.5. The first-order valence-electron chi connectivity index (χ1n) is 6.28. The molecule has 20 heavy (non-hydrogen) atoms. The van der Waals surface area contributed by atoms with Crippen molar-refractivity contribution >= 4 is 5.91 Å². The molecule has 2 rings (SSSR count). The van der Waals surface area contributed by atoms with Gasteiger partial charge in [0.1, 0.15) is 11.5 Å². The van der Waals surface area contributed by atoms with Gasteiger partial charge >= 0.3 is 0 Å². The Hall–Kier alpha value is -2.49. The number of hydrogen-bond acceptors (Lipinski definition) is 3. The van der Waals surface area contributed by atoms with E-state index in [2.05, 4.69) is 5.32 Å². The van der Waals surface area contributed by atoms with Crippen LogP contribution in [-0.4, -0.2) is 20.1 Å². The van der Waals surface area contributed by atoms with E-state index in [1.807, 2.05) is 24.3 Å².